The van der Waals surface area contributed by atoms with E-state index in [0.717, 1.165) is 16.5 Å². The Balaban J connectivity index is 2.10. The standard InChI is InChI=1S/C17H15FN2O/c1-21-12-7-8-13(15(18)10-12)16(19)14-6-2-4-11-5-3-9-20-17(11)14/h2-10,16H,19H2,1H3. The van der Waals surface area contributed by atoms with E-state index in [-0.39, 0.29) is 5.82 Å². The molecule has 3 aromatic rings. The van der Waals surface area contributed by atoms with Crippen molar-refractivity contribution in [1.82, 2.24) is 4.98 Å². The molecule has 1 heterocycles. The van der Waals surface area contributed by atoms with Gasteiger partial charge in [0.15, 0.2) is 0 Å². The molecule has 0 bridgehead atoms. The second-order valence-corrected chi connectivity index (χ2v) is 4.79. The molecule has 0 aliphatic heterocycles. The van der Waals surface area contributed by atoms with Gasteiger partial charge in [-0.25, -0.2) is 4.39 Å². The smallest absolute Gasteiger partial charge is 0.132 e. The summed E-state index contributed by atoms with van der Waals surface area (Å²) in [5, 5.41) is 0.986. The number of pyridine rings is 1. The first-order valence-electron chi connectivity index (χ1n) is 6.63. The Hall–Kier alpha value is -2.46. The fourth-order valence-electron chi connectivity index (χ4n) is 2.43. The van der Waals surface area contributed by atoms with Gasteiger partial charge in [-0.2, -0.15) is 0 Å². The summed E-state index contributed by atoms with van der Waals surface area (Å²) in [7, 11) is 1.50. The van der Waals surface area contributed by atoms with Gasteiger partial charge in [0, 0.05) is 23.2 Å². The Morgan fingerprint density at radius 2 is 1.90 bits per heavy atom. The van der Waals surface area contributed by atoms with E-state index in [9.17, 15) is 4.39 Å². The van der Waals surface area contributed by atoms with Crippen LogP contribution >= 0.6 is 0 Å². The number of halogens is 1. The lowest BCUT2D eigenvalue weighted by atomic mass is 9.96. The van der Waals surface area contributed by atoms with Crippen LogP contribution < -0.4 is 10.5 Å². The van der Waals surface area contributed by atoms with E-state index >= 15 is 0 Å². The highest BCUT2D eigenvalue weighted by molar-refractivity contribution is 5.82. The first-order valence-corrected chi connectivity index (χ1v) is 6.63. The van der Waals surface area contributed by atoms with Crippen LogP contribution in [0.25, 0.3) is 10.9 Å². The molecule has 1 aromatic heterocycles. The molecule has 0 amide bonds. The normalized spacial score (nSPS) is 12.3. The Labute approximate surface area is 122 Å². The average Bonchev–Trinajstić information content (AvgIpc) is 2.53. The van der Waals surface area contributed by atoms with Crippen LogP contribution in [0.2, 0.25) is 0 Å². The monoisotopic (exact) mass is 282 g/mol. The topological polar surface area (TPSA) is 48.1 Å². The van der Waals surface area contributed by atoms with Gasteiger partial charge in [-0.15, -0.1) is 0 Å². The summed E-state index contributed by atoms with van der Waals surface area (Å²) in [6, 6.07) is 13.7. The Kier molecular flexibility index (Phi) is 3.54. The molecule has 0 aliphatic rings. The average molecular weight is 282 g/mol. The van der Waals surface area contributed by atoms with Crippen molar-refractivity contribution in [1.29, 1.82) is 0 Å². The molecule has 0 spiro atoms. The second-order valence-electron chi connectivity index (χ2n) is 4.79. The van der Waals surface area contributed by atoms with E-state index < -0.39 is 6.04 Å². The quantitative estimate of drug-likeness (QED) is 0.800. The van der Waals surface area contributed by atoms with Crippen LogP contribution in [0.1, 0.15) is 17.2 Å². The number of methoxy groups -OCH3 is 1. The molecule has 0 aliphatic carbocycles. The molecule has 1 atom stereocenters. The minimum Gasteiger partial charge on any atom is -0.497 e. The lowest BCUT2D eigenvalue weighted by Gasteiger charge is -2.16. The van der Waals surface area contributed by atoms with Gasteiger partial charge in [-0.3, -0.25) is 4.98 Å². The number of ether oxygens (including phenoxy) is 1. The number of hydrogen-bond donors (Lipinski definition) is 1. The molecule has 21 heavy (non-hydrogen) atoms. The molecule has 2 N–H and O–H groups in total. The SMILES string of the molecule is COc1ccc(C(N)c2cccc3cccnc23)c(F)c1. The zero-order chi connectivity index (χ0) is 14.8. The van der Waals surface area contributed by atoms with Gasteiger partial charge in [-0.05, 0) is 17.7 Å². The van der Waals surface area contributed by atoms with Crippen LogP contribution in [0, 0.1) is 5.82 Å². The number of rotatable bonds is 3. The van der Waals surface area contributed by atoms with Crippen LogP contribution in [-0.4, -0.2) is 12.1 Å². The third-order valence-corrected chi connectivity index (χ3v) is 3.54. The van der Waals surface area contributed by atoms with Gasteiger partial charge >= 0.3 is 0 Å². The van der Waals surface area contributed by atoms with Crippen molar-refractivity contribution in [2.24, 2.45) is 5.73 Å². The molecule has 0 saturated heterocycles. The lowest BCUT2D eigenvalue weighted by Crippen LogP contribution is -2.14. The number of nitrogens with two attached hydrogens (primary N) is 1. The number of benzene rings is 2. The number of nitrogens with zero attached hydrogens (tertiary/aromatic N) is 1. The zero-order valence-electron chi connectivity index (χ0n) is 11.6. The zero-order valence-corrected chi connectivity index (χ0v) is 11.6. The molecule has 3 rings (SSSR count). The Bertz CT molecular complexity index is 783. The van der Waals surface area contributed by atoms with Crippen molar-refractivity contribution in [2.75, 3.05) is 7.11 Å². The molecule has 3 nitrogen and oxygen atoms in total. The summed E-state index contributed by atoms with van der Waals surface area (Å²) in [6.07, 6.45) is 1.71. The molecule has 106 valence electrons. The summed E-state index contributed by atoms with van der Waals surface area (Å²) >= 11 is 0. The van der Waals surface area contributed by atoms with E-state index in [1.165, 1.54) is 13.2 Å². The molecular formula is C17H15FN2O. The first-order chi connectivity index (χ1) is 10.2. The molecule has 1 unspecified atom stereocenters. The second kappa shape index (κ2) is 5.50. The van der Waals surface area contributed by atoms with E-state index in [1.807, 2.05) is 30.3 Å². The van der Waals surface area contributed by atoms with E-state index in [2.05, 4.69) is 4.98 Å². The molecule has 4 heteroatoms. The highest BCUT2D eigenvalue weighted by atomic mass is 19.1. The highest BCUT2D eigenvalue weighted by Crippen LogP contribution is 2.29. The van der Waals surface area contributed by atoms with E-state index in [1.54, 1.807) is 18.3 Å². The van der Waals surface area contributed by atoms with E-state index in [0.29, 0.717) is 11.3 Å². The molecule has 2 aromatic carbocycles. The van der Waals surface area contributed by atoms with Gasteiger partial charge in [0.1, 0.15) is 11.6 Å². The lowest BCUT2D eigenvalue weighted by molar-refractivity contribution is 0.410. The van der Waals surface area contributed by atoms with Gasteiger partial charge in [-0.1, -0.05) is 30.3 Å². The summed E-state index contributed by atoms with van der Waals surface area (Å²) in [4.78, 5) is 4.36. The molecule has 0 fully saturated rings. The summed E-state index contributed by atoms with van der Waals surface area (Å²) in [6.45, 7) is 0. The predicted molar refractivity (Wildman–Crippen MR) is 80.7 cm³/mol. The van der Waals surface area contributed by atoms with Crippen molar-refractivity contribution in [2.45, 2.75) is 6.04 Å². The van der Waals surface area contributed by atoms with Crippen LogP contribution in [0.5, 0.6) is 5.75 Å². The van der Waals surface area contributed by atoms with Gasteiger partial charge < -0.3 is 10.5 Å². The van der Waals surface area contributed by atoms with Crippen molar-refractivity contribution < 1.29 is 9.13 Å². The maximum Gasteiger partial charge on any atom is 0.132 e. The highest BCUT2D eigenvalue weighted by Gasteiger charge is 2.17. The maximum absolute atomic E-state index is 14.2. The van der Waals surface area contributed by atoms with Crippen LogP contribution in [0.15, 0.2) is 54.7 Å². The van der Waals surface area contributed by atoms with Crippen molar-refractivity contribution in [3.63, 3.8) is 0 Å². The molecule has 0 radical (unpaired) electrons. The number of fused-ring (bicyclic) bond motifs is 1. The van der Waals surface area contributed by atoms with Gasteiger partial charge in [0.2, 0.25) is 0 Å². The number of para-hydroxylation sites is 1. The summed E-state index contributed by atoms with van der Waals surface area (Å²) in [5.41, 5.74) is 8.28. The van der Waals surface area contributed by atoms with Gasteiger partial charge in [0.25, 0.3) is 0 Å². The molecular weight excluding hydrogens is 267 g/mol. The van der Waals surface area contributed by atoms with Crippen molar-refractivity contribution in [3.05, 3.63) is 71.7 Å². The predicted octanol–water partition coefficient (Wildman–Crippen LogP) is 3.43. The van der Waals surface area contributed by atoms with Crippen molar-refractivity contribution in [3.8, 4) is 5.75 Å². The third-order valence-electron chi connectivity index (χ3n) is 3.54. The fourth-order valence-corrected chi connectivity index (χ4v) is 2.43. The Morgan fingerprint density at radius 1 is 1.10 bits per heavy atom. The number of hydrogen-bond acceptors (Lipinski definition) is 3. The Morgan fingerprint density at radius 3 is 2.67 bits per heavy atom. The van der Waals surface area contributed by atoms with Crippen molar-refractivity contribution >= 4 is 10.9 Å². The van der Waals surface area contributed by atoms with E-state index in [4.69, 9.17) is 10.5 Å². The maximum atomic E-state index is 14.2. The molecule has 0 saturated carbocycles. The largest absolute Gasteiger partial charge is 0.497 e. The number of aromatic nitrogens is 1. The third kappa shape index (κ3) is 2.45. The fraction of sp³-hybridized carbons (Fsp3) is 0.118. The van der Waals surface area contributed by atoms with Crippen LogP contribution in [-0.2, 0) is 0 Å². The summed E-state index contributed by atoms with van der Waals surface area (Å²) < 4.78 is 19.2. The van der Waals surface area contributed by atoms with Crippen LogP contribution in [0.4, 0.5) is 4.39 Å². The minimum atomic E-state index is -0.575. The minimum absolute atomic E-state index is 0.380. The van der Waals surface area contributed by atoms with Gasteiger partial charge in [0.05, 0.1) is 18.7 Å². The first kappa shape index (κ1) is 13.5. The van der Waals surface area contributed by atoms with Crippen LogP contribution in [0.3, 0.4) is 0 Å². The summed E-state index contributed by atoms with van der Waals surface area (Å²) in [5.74, 6) is 0.0919.